The Kier molecular flexibility index (Phi) is 7.52. The molecule has 3 rings (SSSR count). The molecule has 0 amide bonds. The maximum absolute atomic E-state index is 12.7. The first kappa shape index (κ1) is 24.6. The molecule has 0 aliphatic heterocycles. The van der Waals surface area contributed by atoms with Crippen molar-refractivity contribution in [3.05, 3.63) is 78.6 Å². The largest absolute Gasteiger partial charge is 0.278 e. The zero-order valence-electron chi connectivity index (χ0n) is 15.0. The van der Waals surface area contributed by atoms with E-state index in [-0.39, 0.29) is 36.2 Å². The van der Waals surface area contributed by atoms with E-state index >= 15 is 0 Å². The summed E-state index contributed by atoms with van der Waals surface area (Å²) in [4.78, 5) is -0.0435. The van der Waals surface area contributed by atoms with Crippen LogP contribution in [0.15, 0.2) is 73.3 Å². The molecule has 0 aromatic heterocycles. The Hall–Kier alpha value is -1.01. The van der Waals surface area contributed by atoms with Crippen molar-refractivity contribution in [2.45, 2.75) is 9.79 Å². The van der Waals surface area contributed by atoms with Gasteiger partial charge in [-0.05, 0) is 54.6 Å². The van der Waals surface area contributed by atoms with Crippen LogP contribution in [0.1, 0.15) is 0 Å². The third-order valence-electron chi connectivity index (χ3n) is 3.89. The lowest BCUT2D eigenvalue weighted by atomic mass is 10.3. The number of hydrogen-bond acceptors (Lipinski definition) is 4. The minimum Gasteiger partial charge on any atom is -0.278 e. The smallest absolute Gasteiger partial charge is 0.261 e. The molecule has 3 aromatic rings. The number of rotatable bonds is 6. The Morgan fingerprint density at radius 3 is 1.52 bits per heavy atom. The van der Waals surface area contributed by atoms with Crippen LogP contribution in [0, 0.1) is 0 Å². The second kappa shape index (κ2) is 9.46. The number of sulfonamides is 2. The molecule has 0 saturated heterocycles. The first-order valence-electron chi connectivity index (χ1n) is 8.15. The first-order valence-corrected chi connectivity index (χ1v) is 13.8. The van der Waals surface area contributed by atoms with Crippen LogP contribution < -0.4 is 9.44 Å². The molecular formula is C18H11Br2Cl3N2O4S2. The van der Waals surface area contributed by atoms with Crippen molar-refractivity contribution < 1.29 is 16.8 Å². The molecular weight excluding hydrogens is 639 g/mol. The Bertz CT molecular complexity index is 1350. The number of benzene rings is 3. The Labute approximate surface area is 211 Å². The van der Waals surface area contributed by atoms with E-state index in [0.717, 1.165) is 0 Å². The van der Waals surface area contributed by atoms with E-state index in [4.69, 9.17) is 34.8 Å². The summed E-state index contributed by atoms with van der Waals surface area (Å²) < 4.78 is 56.6. The molecule has 13 heteroatoms. The molecule has 6 nitrogen and oxygen atoms in total. The predicted octanol–water partition coefficient (Wildman–Crippen LogP) is 6.77. The van der Waals surface area contributed by atoms with Gasteiger partial charge in [0.1, 0.15) is 0 Å². The molecule has 0 atom stereocenters. The molecule has 0 saturated carbocycles. The van der Waals surface area contributed by atoms with E-state index < -0.39 is 20.0 Å². The van der Waals surface area contributed by atoms with Gasteiger partial charge < -0.3 is 0 Å². The summed E-state index contributed by atoms with van der Waals surface area (Å²) in [5.74, 6) is 0. The van der Waals surface area contributed by atoms with Gasteiger partial charge in [-0.1, -0.05) is 66.7 Å². The highest BCUT2D eigenvalue weighted by Crippen LogP contribution is 2.43. The van der Waals surface area contributed by atoms with Crippen LogP contribution in [0.5, 0.6) is 0 Å². The molecule has 0 heterocycles. The van der Waals surface area contributed by atoms with Crippen LogP contribution in [0.25, 0.3) is 0 Å². The third-order valence-corrected chi connectivity index (χ3v) is 8.86. The van der Waals surface area contributed by atoms with E-state index in [1.54, 1.807) is 24.3 Å². The van der Waals surface area contributed by atoms with Crippen molar-refractivity contribution in [1.29, 1.82) is 0 Å². The second-order valence-electron chi connectivity index (χ2n) is 6.03. The Morgan fingerprint density at radius 2 is 1.06 bits per heavy atom. The molecule has 0 aliphatic rings. The molecule has 0 aliphatic carbocycles. The van der Waals surface area contributed by atoms with Crippen molar-refractivity contribution in [3.63, 3.8) is 0 Å². The van der Waals surface area contributed by atoms with E-state index in [9.17, 15) is 16.8 Å². The number of anilines is 2. The molecule has 31 heavy (non-hydrogen) atoms. The van der Waals surface area contributed by atoms with Gasteiger partial charge in [0.25, 0.3) is 20.0 Å². The molecule has 0 spiro atoms. The lowest BCUT2D eigenvalue weighted by Gasteiger charge is -2.16. The first-order chi connectivity index (χ1) is 14.4. The molecule has 3 aromatic carbocycles. The summed E-state index contributed by atoms with van der Waals surface area (Å²) >= 11 is 25.1. The summed E-state index contributed by atoms with van der Waals surface area (Å²) in [5.41, 5.74) is -0.283. The van der Waals surface area contributed by atoms with Crippen molar-refractivity contribution in [1.82, 2.24) is 0 Å². The summed E-state index contributed by atoms with van der Waals surface area (Å²) in [7, 11) is -8.03. The van der Waals surface area contributed by atoms with Gasteiger partial charge in [0, 0.05) is 8.95 Å². The number of halogens is 5. The number of nitrogens with one attached hydrogen (secondary N) is 2. The molecule has 0 fully saturated rings. The molecule has 0 unspecified atom stereocenters. The average molecular weight is 650 g/mol. The van der Waals surface area contributed by atoms with Crippen LogP contribution in [0.4, 0.5) is 11.4 Å². The standard InChI is InChI=1S/C18H11Br2Cl3N2O4S2/c19-10-1-5-12(6-2-10)30(26,27)24-15-9-14(21)18(17(23)16(15)22)25-31(28,29)13-7-3-11(20)4-8-13/h1-9,24-25H. The summed E-state index contributed by atoms with van der Waals surface area (Å²) in [6.07, 6.45) is 0. The quantitative estimate of drug-likeness (QED) is 0.289. The maximum atomic E-state index is 12.7. The fraction of sp³-hybridized carbons (Fsp3) is 0. The topological polar surface area (TPSA) is 92.3 Å². The summed E-state index contributed by atoms with van der Waals surface area (Å²) in [5, 5.41) is -0.632. The molecule has 2 N–H and O–H groups in total. The van der Waals surface area contributed by atoms with Crippen molar-refractivity contribution in [2.75, 3.05) is 9.44 Å². The highest BCUT2D eigenvalue weighted by molar-refractivity contribution is 9.10. The monoisotopic (exact) mass is 646 g/mol. The average Bonchev–Trinajstić information content (AvgIpc) is 2.70. The van der Waals surface area contributed by atoms with E-state index in [1.807, 2.05) is 0 Å². The normalized spacial score (nSPS) is 11.9. The predicted molar refractivity (Wildman–Crippen MR) is 131 cm³/mol. The zero-order chi connectivity index (χ0) is 23.0. The lowest BCUT2D eigenvalue weighted by Crippen LogP contribution is -2.15. The van der Waals surface area contributed by atoms with Gasteiger partial charge in [0.05, 0.1) is 36.2 Å². The fourth-order valence-corrected chi connectivity index (χ4v) is 5.99. The van der Waals surface area contributed by atoms with Gasteiger partial charge >= 0.3 is 0 Å². The van der Waals surface area contributed by atoms with Crippen LogP contribution >= 0.6 is 66.7 Å². The van der Waals surface area contributed by atoms with Gasteiger partial charge in [-0.3, -0.25) is 9.44 Å². The van der Waals surface area contributed by atoms with Crippen molar-refractivity contribution in [2.24, 2.45) is 0 Å². The van der Waals surface area contributed by atoms with E-state index in [1.165, 1.54) is 30.3 Å². The van der Waals surface area contributed by atoms with Crippen LogP contribution in [0.3, 0.4) is 0 Å². The van der Waals surface area contributed by atoms with E-state index in [0.29, 0.717) is 8.95 Å². The van der Waals surface area contributed by atoms with Gasteiger partial charge in [0.15, 0.2) is 0 Å². The van der Waals surface area contributed by atoms with Gasteiger partial charge in [0.2, 0.25) is 0 Å². The van der Waals surface area contributed by atoms with Crippen LogP contribution in [0.2, 0.25) is 15.1 Å². The second-order valence-corrected chi connectivity index (χ2v) is 12.4. The summed E-state index contributed by atoms with van der Waals surface area (Å²) in [6.45, 7) is 0. The minimum atomic E-state index is -4.03. The Morgan fingerprint density at radius 1 is 0.645 bits per heavy atom. The third kappa shape index (κ3) is 5.68. The van der Waals surface area contributed by atoms with Gasteiger partial charge in [-0.2, -0.15) is 0 Å². The van der Waals surface area contributed by atoms with Crippen molar-refractivity contribution in [3.8, 4) is 0 Å². The zero-order valence-corrected chi connectivity index (χ0v) is 22.1. The minimum absolute atomic E-state index is 0.0148. The van der Waals surface area contributed by atoms with Crippen LogP contribution in [-0.4, -0.2) is 16.8 Å². The van der Waals surface area contributed by atoms with Gasteiger partial charge in [-0.15, -0.1) is 0 Å². The van der Waals surface area contributed by atoms with Crippen molar-refractivity contribution >= 4 is 98.1 Å². The number of hydrogen-bond donors (Lipinski definition) is 2. The van der Waals surface area contributed by atoms with Gasteiger partial charge in [-0.25, -0.2) is 16.8 Å². The lowest BCUT2D eigenvalue weighted by molar-refractivity contribution is 0.599. The highest BCUT2D eigenvalue weighted by atomic mass is 79.9. The SMILES string of the molecule is O=S(=O)(Nc1cc(Cl)c(NS(=O)(=O)c2ccc(Br)cc2)c(Cl)c1Cl)c1ccc(Br)cc1. The summed E-state index contributed by atoms with van der Waals surface area (Å²) in [6, 6.07) is 13.0. The Balaban J connectivity index is 1.95. The highest BCUT2D eigenvalue weighted by Gasteiger charge is 2.23. The molecule has 0 radical (unpaired) electrons. The maximum Gasteiger partial charge on any atom is 0.261 e. The molecule has 164 valence electrons. The fourth-order valence-electron chi connectivity index (χ4n) is 2.39. The van der Waals surface area contributed by atoms with E-state index in [2.05, 4.69) is 41.3 Å². The van der Waals surface area contributed by atoms with Crippen LogP contribution in [-0.2, 0) is 20.0 Å². The molecule has 0 bridgehead atoms.